The number of carbonyl (C=O) groups is 1. The first-order valence-electron chi connectivity index (χ1n) is 6.12. The predicted molar refractivity (Wildman–Crippen MR) is 66.5 cm³/mol. The molecular weight excluding hydrogens is 235 g/mol. The number of hydrogen-bond donors (Lipinski definition) is 3. The maximum Gasteiger partial charge on any atom is 0.251 e. The Morgan fingerprint density at radius 1 is 1.39 bits per heavy atom. The summed E-state index contributed by atoms with van der Waals surface area (Å²) in [7, 11) is 0. The van der Waals surface area contributed by atoms with Crippen LogP contribution in [0.1, 0.15) is 36.0 Å². The fourth-order valence-corrected chi connectivity index (χ4v) is 2.22. The lowest BCUT2D eigenvalue weighted by molar-refractivity contribution is 0.0717. The van der Waals surface area contributed by atoms with Gasteiger partial charge in [-0.3, -0.25) is 4.79 Å². The smallest absolute Gasteiger partial charge is 0.251 e. The zero-order valence-corrected chi connectivity index (χ0v) is 10.0. The van der Waals surface area contributed by atoms with Crippen molar-refractivity contribution in [1.82, 2.24) is 5.32 Å². The lowest BCUT2D eigenvalue weighted by Crippen LogP contribution is -2.45. The van der Waals surface area contributed by atoms with Crippen molar-refractivity contribution >= 4 is 11.6 Å². The minimum Gasteiger partial charge on any atom is -0.396 e. The number of nitrogen functional groups attached to an aromatic ring is 1. The molecule has 18 heavy (non-hydrogen) atoms. The van der Waals surface area contributed by atoms with E-state index in [1.165, 1.54) is 18.2 Å². The molecule has 1 amide bonds. The van der Waals surface area contributed by atoms with Gasteiger partial charge in [0.05, 0.1) is 17.8 Å². The molecule has 1 fully saturated rings. The molecule has 1 aliphatic rings. The van der Waals surface area contributed by atoms with E-state index in [1.807, 2.05) is 0 Å². The summed E-state index contributed by atoms with van der Waals surface area (Å²) in [6.07, 6.45) is 2.95. The number of nitrogens with two attached hydrogens (primary N) is 1. The Bertz CT molecular complexity index is 451. The first-order chi connectivity index (χ1) is 8.58. The number of benzene rings is 1. The Labute approximate surface area is 105 Å². The van der Waals surface area contributed by atoms with Crippen molar-refractivity contribution in [3.8, 4) is 0 Å². The van der Waals surface area contributed by atoms with Crippen LogP contribution in [-0.2, 0) is 0 Å². The number of amides is 1. The second kappa shape index (κ2) is 5.35. The standard InChI is InChI=1S/C13H17FN2O2/c14-9-6-5-8(7-10(9)15)13(18)16-11-3-1-2-4-12(11)17/h5-7,11-12,17H,1-4,15H2,(H,16,18)/t11-,12-/m0/s1. The number of hydrogen-bond acceptors (Lipinski definition) is 3. The topological polar surface area (TPSA) is 75.4 Å². The third kappa shape index (κ3) is 2.79. The summed E-state index contributed by atoms with van der Waals surface area (Å²) in [5, 5.41) is 12.5. The molecule has 2 rings (SSSR count). The second-order valence-corrected chi connectivity index (χ2v) is 4.67. The summed E-state index contributed by atoms with van der Waals surface area (Å²) in [5.41, 5.74) is 5.68. The number of aliphatic hydroxyl groups excluding tert-OH is 1. The minimum atomic E-state index is -0.538. The first-order valence-corrected chi connectivity index (χ1v) is 6.12. The largest absolute Gasteiger partial charge is 0.396 e. The van der Waals surface area contributed by atoms with E-state index in [0.29, 0.717) is 12.0 Å². The van der Waals surface area contributed by atoms with Crippen LogP contribution >= 0.6 is 0 Å². The van der Waals surface area contributed by atoms with Gasteiger partial charge in [-0.1, -0.05) is 12.8 Å². The van der Waals surface area contributed by atoms with Crippen molar-refractivity contribution in [2.24, 2.45) is 0 Å². The van der Waals surface area contributed by atoms with Crippen LogP contribution in [0.2, 0.25) is 0 Å². The van der Waals surface area contributed by atoms with Gasteiger partial charge in [0.25, 0.3) is 5.91 Å². The van der Waals surface area contributed by atoms with Gasteiger partial charge in [0.15, 0.2) is 0 Å². The fraction of sp³-hybridized carbons (Fsp3) is 0.462. The molecule has 4 nitrogen and oxygen atoms in total. The Morgan fingerprint density at radius 2 is 2.11 bits per heavy atom. The summed E-state index contributed by atoms with van der Waals surface area (Å²) in [6.45, 7) is 0. The van der Waals surface area contributed by atoms with E-state index in [1.54, 1.807) is 0 Å². The summed E-state index contributed by atoms with van der Waals surface area (Å²) >= 11 is 0. The SMILES string of the molecule is Nc1cc(C(=O)N[C@H]2CCCC[C@@H]2O)ccc1F. The van der Waals surface area contributed by atoms with Crippen molar-refractivity contribution < 1.29 is 14.3 Å². The van der Waals surface area contributed by atoms with E-state index in [2.05, 4.69) is 5.32 Å². The highest BCUT2D eigenvalue weighted by molar-refractivity contribution is 5.95. The Hall–Kier alpha value is -1.62. The lowest BCUT2D eigenvalue weighted by atomic mass is 9.92. The molecule has 0 saturated heterocycles. The molecule has 4 N–H and O–H groups in total. The Balaban J connectivity index is 2.04. The molecule has 2 atom stereocenters. The summed E-state index contributed by atoms with van der Waals surface area (Å²) in [5.74, 6) is -0.864. The quantitative estimate of drug-likeness (QED) is 0.697. The predicted octanol–water partition coefficient (Wildman–Crippen LogP) is 1.44. The monoisotopic (exact) mass is 252 g/mol. The average molecular weight is 252 g/mol. The molecule has 0 unspecified atom stereocenters. The highest BCUT2D eigenvalue weighted by Crippen LogP contribution is 2.19. The van der Waals surface area contributed by atoms with Crippen LogP contribution in [0.15, 0.2) is 18.2 Å². The maximum absolute atomic E-state index is 13.0. The molecule has 1 aliphatic carbocycles. The molecule has 1 aromatic carbocycles. The van der Waals surface area contributed by atoms with E-state index in [0.717, 1.165) is 19.3 Å². The number of aliphatic hydroxyl groups is 1. The van der Waals surface area contributed by atoms with E-state index >= 15 is 0 Å². The van der Waals surface area contributed by atoms with Crippen molar-refractivity contribution in [2.45, 2.75) is 37.8 Å². The first kappa shape index (κ1) is 12.8. The number of nitrogens with one attached hydrogen (secondary N) is 1. The third-order valence-corrected chi connectivity index (χ3v) is 3.30. The van der Waals surface area contributed by atoms with Gasteiger partial charge in [0, 0.05) is 5.56 Å². The molecule has 0 heterocycles. The zero-order chi connectivity index (χ0) is 13.1. The fourth-order valence-electron chi connectivity index (χ4n) is 2.22. The van der Waals surface area contributed by atoms with E-state index in [9.17, 15) is 14.3 Å². The van der Waals surface area contributed by atoms with Gasteiger partial charge in [0.1, 0.15) is 5.82 Å². The van der Waals surface area contributed by atoms with Crippen LogP contribution in [0.25, 0.3) is 0 Å². The van der Waals surface area contributed by atoms with E-state index in [-0.39, 0.29) is 17.6 Å². The van der Waals surface area contributed by atoms with Crippen LogP contribution < -0.4 is 11.1 Å². The Kier molecular flexibility index (Phi) is 3.81. The number of halogens is 1. The molecule has 0 radical (unpaired) electrons. The lowest BCUT2D eigenvalue weighted by Gasteiger charge is -2.28. The van der Waals surface area contributed by atoms with Crippen molar-refractivity contribution in [3.63, 3.8) is 0 Å². The Morgan fingerprint density at radius 3 is 2.78 bits per heavy atom. The third-order valence-electron chi connectivity index (χ3n) is 3.30. The van der Waals surface area contributed by atoms with Crippen molar-refractivity contribution in [1.29, 1.82) is 0 Å². The van der Waals surface area contributed by atoms with Crippen molar-refractivity contribution in [3.05, 3.63) is 29.6 Å². The van der Waals surface area contributed by atoms with Gasteiger partial charge < -0.3 is 16.2 Å². The van der Waals surface area contributed by atoms with Gasteiger partial charge >= 0.3 is 0 Å². The van der Waals surface area contributed by atoms with Crippen molar-refractivity contribution in [2.75, 3.05) is 5.73 Å². The summed E-state index contributed by atoms with van der Waals surface area (Å²) < 4.78 is 13.0. The van der Waals surface area contributed by atoms with Gasteiger partial charge in [-0.15, -0.1) is 0 Å². The second-order valence-electron chi connectivity index (χ2n) is 4.67. The number of rotatable bonds is 2. The van der Waals surface area contributed by atoms with Crippen LogP contribution in [0.4, 0.5) is 10.1 Å². The van der Waals surface area contributed by atoms with Gasteiger partial charge in [-0.05, 0) is 31.0 Å². The maximum atomic E-state index is 13.0. The molecule has 0 aromatic heterocycles. The normalized spacial score (nSPS) is 23.7. The molecule has 1 aromatic rings. The van der Waals surface area contributed by atoms with Gasteiger partial charge in [-0.2, -0.15) is 0 Å². The molecule has 0 bridgehead atoms. The molecular formula is C13H17FN2O2. The molecule has 98 valence electrons. The van der Waals surface area contributed by atoms with E-state index < -0.39 is 11.9 Å². The highest BCUT2D eigenvalue weighted by atomic mass is 19.1. The van der Waals surface area contributed by atoms with Gasteiger partial charge in [-0.25, -0.2) is 4.39 Å². The zero-order valence-electron chi connectivity index (χ0n) is 10.0. The molecule has 5 heteroatoms. The molecule has 1 saturated carbocycles. The van der Waals surface area contributed by atoms with Gasteiger partial charge in [0.2, 0.25) is 0 Å². The summed E-state index contributed by atoms with van der Waals surface area (Å²) in [6, 6.07) is 3.63. The average Bonchev–Trinajstić information content (AvgIpc) is 2.35. The highest BCUT2D eigenvalue weighted by Gasteiger charge is 2.24. The van der Waals surface area contributed by atoms with Crippen LogP contribution in [0, 0.1) is 5.82 Å². The summed E-state index contributed by atoms with van der Waals surface area (Å²) in [4.78, 5) is 11.9. The van der Waals surface area contributed by atoms with E-state index in [4.69, 9.17) is 5.73 Å². The van der Waals surface area contributed by atoms with Crippen LogP contribution in [0.5, 0.6) is 0 Å². The van der Waals surface area contributed by atoms with Crippen LogP contribution in [-0.4, -0.2) is 23.2 Å². The van der Waals surface area contributed by atoms with Crippen LogP contribution in [0.3, 0.4) is 0 Å². The molecule has 0 spiro atoms. The number of carbonyl (C=O) groups excluding carboxylic acids is 1. The number of anilines is 1. The minimum absolute atomic E-state index is 0.0492. The molecule has 0 aliphatic heterocycles.